The lowest BCUT2D eigenvalue weighted by Crippen LogP contribution is -1.85. The van der Waals surface area contributed by atoms with Crippen LogP contribution >= 0.6 is 9.24 Å². The maximum atomic E-state index is 10.3. The average molecular weight is 116 g/mol. The molecule has 0 aliphatic carbocycles. The molecule has 0 N–H and O–H groups in total. The second kappa shape index (κ2) is 2.92. The van der Waals surface area contributed by atoms with E-state index in [-0.39, 0.29) is 5.78 Å². The quantitative estimate of drug-likeness (QED) is 0.373. The van der Waals surface area contributed by atoms with Crippen LogP contribution in [-0.2, 0) is 4.79 Å². The van der Waals surface area contributed by atoms with Gasteiger partial charge in [-0.05, 0) is 13.8 Å². The highest BCUT2D eigenvalue weighted by molar-refractivity contribution is 7.25. The molecule has 0 aromatic carbocycles. The lowest BCUT2D eigenvalue weighted by atomic mass is 10.4. The third kappa shape index (κ3) is 2.52. The summed E-state index contributed by atoms with van der Waals surface area (Å²) in [6.45, 7) is 3.38. The first kappa shape index (κ1) is 6.84. The van der Waals surface area contributed by atoms with Crippen LogP contribution in [-0.4, -0.2) is 5.78 Å². The van der Waals surface area contributed by atoms with Crippen LogP contribution in [0, 0.1) is 0 Å². The van der Waals surface area contributed by atoms with Gasteiger partial charge in [-0.2, -0.15) is 0 Å². The molecule has 7 heavy (non-hydrogen) atoms. The molecular weight excluding hydrogens is 107 g/mol. The minimum Gasteiger partial charge on any atom is -0.295 e. The predicted molar refractivity (Wildman–Crippen MR) is 34.1 cm³/mol. The van der Waals surface area contributed by atoms with Crippen molar-refractivity contribution in [3.63, 3.8) is 0 Å². The summed E-state index contributed by atoms with van der Waals surface area (Å²) < 4.78 is 0. The first-order chi connectivity index (χ1) is 3.18. The molecule has 0 aromatic rings. The Morgan fingerprint density at radius 3 is 2.14 bits per heavy atom. The zero-order valence-electron chi connectivity index (χ0n) is 4.56. The minimum absolute atomic E-state index is 0.118. The second-order valence-corrected chi connectivity index (χ2v) is 1.92. The van der Waals surface area contributed by atoms with Crippen molar-refractivity contribution in [1.82, 2.24) is 0 Å². The van der Waals surface area contributed by atoms with E-state index >= 15 is 0 Å². The Morgan fingerprint density at radius 2 is 2.14 bits per heavy atom. The fourth-order valence-electron chi connectivity index (χ4n) is 0.203. The van der Waals surface area contributed by atoms with Crippen molar-refractivity contribution in [2.75, 3.05) is 0 Å². The molecule has 0 bridgehead atoms. The maximum Gasteiger partial charge on any atom is 0.159 e. The smallest absolute Gasteiger partial charge is 0.159 e. The third-order valence-corrected chi connectivity index (χ3v) is 1.46. The normalized spacial score (nSPS) is 11.6. The van der Waals surface area contributed by atoms with E-state index in [1.165, 1.54) is 0 Å². The van der Waals surface area contributed by atoms with Crippen molar-refractivity contribution < 1.29 is 4.79 Å². The van der Waals surface area contributed by atoms with Crippen LogP contribution < -0.4 is 0 Å². The predicted octanol–water partition coefficient (Wildman–Crippen LogP) is 1.35. The summed E-state index contributed by atoms with van der Waals surface area (Å²) >= 11 is 0. The Morgan fingerprint density at radius 1 is 1.71 bits per heavy atom. The summed E-state index contributed by atoms with van der Waals surface area (Å²) in [4.78, 5) is 10.3. The Labute approximate surface area is 46.0 Å². The summed E-state index contributed by atoms with van der Waals surface area (Å²) in [5, 5.41) is 0.750. The number of allylic oxidation sites excluding steroid dienone is 2. The summed E-state index contributed by atoms with van der Waals surface area (Å²) in [6, 6.07) is 0. The molecule has 40 valence electrons. The van der Waals surface area contributed by atoms with Gasteiger partial charge in [0.25, 0.3) is 0 Å². The Kier molecular flexibility index (Phi) is 2.86. The zero-order chi connectivity index (χ0) is 5.86. The van der Waals surface area contributed by atoms with Crippen LogP contribution in [0.25, 0.3) is 0 Å². The van der Waals surface area contributed by atoms with Crippen LogP contribution in [0.5, 0.6) is 0 Å². The Hall–Kier alpha value is -0.160. The van der Waals surface area contributed by atoms with E-state index in [0.717, 1.165) is 5.31 Å². The summed E-state index contributed by atoms with van der Waals surface area (Å²) in [6.07, 6.45) is 1.77. The topological polar surface area (TPSA) is 17.1 Å². The highest BCUT2D eigenvalue weighted by atomic mass is 31.0. The van der Waals surface area contributed by atoms with Crippen LogP contribution in [0.2, 0.25) is 0 Å². The number of rotatable bonds is 1. The van der Waals surface area contributed by atoms with Gasteiger partial charge in [0.2, 0.25) is 0 Å². The van der Waals surface area contributed by atoms with Crippen molar-refractivity contribution in [2.24, 2.45) is 0 Å². The van der Waals surface area contributed by atoms with Crippen LogP contribution in [0.4, 0.5) is 0 Å². The largest absolute Gasteiger partial charge is 0.295 e. The number of hydrogen-bond donors (Lipinski definition) is 0. The van der Waals surface area contributed by atoms with Gasteiger partial charge in [-0.1, -0.05) is 6.08 Å². The first-order valence-electron chi connectivity index (χ1n) is 2.11. The highest BCUT2D eigenvalue weighted by Crippen LogP contribution is 2.03. The van der Waals surface area contributed by atoms with E-state index in [1.807, 2.05) is 6.92 Å². The highest BCUT2D eigenvalue weighted by Gasteiger charge is 1.89. The van der Waals surface area contributed by atoms with E-state index < -0.39 is 0 Å². The van der Waals surface area contributed by atoms with Gasteiger partial charge in [0.1, 0.15) is 0 Å². The van der Waals surface area contributed by atoms with E-state index in [2.05, 4.69) is 9.24 Å². The van der Waals surface area contributed by atoms with E-state index in [1.54, 1.807) is 13.0 Å². The molecule has 2 heteroatoms. The van der Waals surface area contributed by atoms with Crippen molar-refractivity contribution in [1.29, 1.82) is 0 Å². The monoisotopic (exact) mass is 116 g/mol. The molecule has 0 rings (SSSR count). The van der Waals surface area contributed by atoms with E-state index in [0.29, 0.717) is 0 Å². The molecule has 0 radical (unpaired) electrons. The lowest BCUT2D eigenvalue weighted by Gasteiger charge is -1.85. The molecule has 0 heterocycles. The van der Waals surface area contributed by atoms with E-state index in [4.69, 9.17) is 0 Å². The SMILES string of the molecule is CC=C(P)C(C)=O. The second-order valence-electron chi connectivity index (χ2n) is 1.30. The van der Waals surface area contributed by atoms with Crippen molar-refractivity contribution in [2.45, 2.75) is 13.8 Å². The molecule has 0 aromatic heterocycles. The van der Waals surface area contributed by atoms with Gasteiger partial charge in [-0.3, -0.25) is 4.79 Å². The van der Waals surface area contributed by atoms with Gasteiger partial charge in [-0.25, -0.2) is 0 Å². The molecule has 1 nitrogen and oxygen atoms in total. The molecule has 0 amide bonds. The standard InChI is InChI=1S/C5H9OP/c1-3-5(7)4(2)6/h3H,7H2,1-2H3. The Balaban J connectivity index is 3.82. The average Bonchev–Trinajstić information content (AvgIpc) is 1.65. The van der Waals surface area contributed by atoms with Gasteiger partial charge in [0.15, 0.2) is 5.78 Å². The third-order valence-electron chi connectivity index (χ3n) is 0.718. The van der Waals surface area contributed by atoms with Crippen LogP contribution in [0.1, 0.15) is 13.8 Å². The Bertz CT molecular complexity index is 105. The molecule has 0 saturated heterocycles. The van der Waals surface area contributed by atoms with Gasteiger partial charge in [0.05, 0.1) is 0 Å². The summed E-state index contributed by atoms with van der Waals surface area (Å²) in [7, 11) is 2.36. The first-order valence-corrected chi connectivity index (χ1v) is 2.69. The van der Waals surface area contributed by atoms with E-state index in [9.17, 15) is 4.79 Å². The molecule has 0 saturated carbocycles. The number of carbonyl (C=O) groups is 1. The number of ketones is 1. The van der Waals surface area contributed by atoms with Crippen molar-refractivity contribution in [3.05, 3.63) is 11.4 Å². The molecule has 0 fully saturated rings. The van der Waals surface area contributed by atoms with Gasteiger partial charge in [0, 0.05) is 5.31 Å². The summed E-state index contributed by atoms with van der Waals surface area (Å²) in [5.74, 6) is 0.118. The molecule has 0 spiro atoms. The number of hydrogen-bond acceptors (Lipinski definition) is 1. The molecule has 0 aliphatic rings. The van der Waals surface area contributed by atoms with Crippen LogP contribution in [0.15, 0.2) is 11.4 Å². The number of Topliss-reactive ketones (excluding diaryl/α,β-unsaturated/α-hetero) is 1. The van der Waals surface area contributed by atoms with Gasteiger partial charge < -0.3 is 0 Å². The molecule has 0 aliphatic heterocycles. The molecule has 1 atom stereocenters. The minimum atomic E-state index is 0.118. The lowest BCUT2D eigenvalue weighted by molar-refractivity contribution is -0.112. The fraction of sp³-hybridized carbons (Fsp3) is 0.400. The fourth-order valence-corrected chi connectivity index (χ4v) is 0.203. The van der Waals surface area contributed by atoms with Gasteiger partial charge in [-0.15, -0.1) is 9.24 Å². The maximum absolute atomic E-state index is 10.3. The molecule has 1 unspecified atom stereocenters. The number of carbonyl (C=O) groups excluding carboxylic acids is 1. The zero-order valence-corrected chi connectivity index (χ0v) is 5.72. The van der Waals surface area contributed by atoms with Crippen molar-refractivity contribution in [3.8, 4) is 0 Å². The molecular formula is C5H9OP. The van der Waals surface area contributed by atoms with Crippen molar-refractivity contribution >= 4 is 15.0 Å². The van der Waals surface area contributed by atoms with Gasteiger partial charge >= 0.3 is 0 Å². The van der Waals surface area contributed by atoms with Crippen LogP contribution in [0.3, 0.4) is 0 Å². The summed E-state index contributed by atoms with van der Waals surface area (Å²) in [5.41, 5.74) is 0.